The summed E-state index contributed by atoms with van der Waals surface area (Å²) >= 11 is 0. The minimum atomic E-state index is -0.129. The van der Waals surface area contributed by atoms with E-state index in [0.29, 0.717) is 0 Å². The summed E-state index contributed by atoms with van der Waals surface area (Å²) in [5.74, 6) is 0. The van der Waals surface area contributed by atoms with Gasteiger partial charge in [0.2, 0.25) is 0 Å². The van der Waals surface area contributed by atoms with E-state index in [-0.39, 0.29) is 25.1 Å². The average molecular weight is 145 g/mol. The molecule has 2 aliphatic rings. The number of ether oxygens (including phenoxy) is 2. The third-order valence-corrected chi connectivity index (χ3v) is 1.90. The number of fused-ring (bicyclic) bond motifs is 2. The van der Waals surface area contributed by atoms with E-state index in [1.54, 1.807) is 0 Å². The van der Waals surface area contributed by atoms with Crippen LogP contribution in [0.3, 0.4) is 0 Å². The molecule has 0 saturated carbocycles. The fourth-order valence-corrected chi connectivity index (χ4v) is 1.38. The Morgan fingerprint density at radius 2 is 2.30 bits per heavy atom. The molecule has 0 aromatic rings. The Hall–Kier alpha value is -0.160. The fourth-order valence-electron chi connectivity index (χ4n) is 1.38. The molecule has 2 heterocycles. The number of aliphatic hydroxyl groups excluding tert-OH is 1. The zero-order valence-electron chi connectivity index (χ0n) is 5.62. The van der Waals surface area contributed by atoms with E-state index in [1.807, 2.05) is 0 Å². The SMILES string of the molecule is OC[C@@H]1O[C@H]2CNC[C@@H]1O2. The molecule has 4 nitrogen and oxygen atoms in total. The van der Waals surface area contributed by atoms with Crippen LogP contribution < -0.4 is 5.32 Å². The molecule has 0 amide bonds. The van der Waals surface area contributed by atoms with Gasteiger partial charge >= 0.3 is 0 Å². The number of morpholine rings is 1. The largest absolute Gasteiger partial charge is 0.394 e. The van der Waals surface area contributed by atoms with Crippen molar-refractivity contribution in [2.24, 2.45) is 0 Å². The third-order valence-electron chi connectivity index (χ3n) is 1.90. The van der Waals surface area contributed by atoms with Crippen LogP contribution in [0.25, 0.3) is 0 Å². The number of hydrogen-bond donors (Lipinski definition) is 2. The van der Waals surface area contributed by atoms with Crippen LogP contribution >= 0.6 is 0 Å². The lowest BCUT2D eigenvalue weighted by Gasteiger charge is -2.18. The molecule has 2 saturated heterocycles. The highest BCUT2D eigenvalue weighted by Crippen LogP contribution is 2.20. The van der Waals surface area contributed by atoms with Crippen molar-refractivity contribution in [3.8, 4) is 0 Å². The molecule has 0 unspecified atom stereocenters. The maximum atomic E-state index is 8.78. The molecule has 0 spiro atoms. The van der Waals surface area contributed by atoms with Crippen molar-refractivity contribution in [3.05, 3.63) is 0 Å². The van der Waals surface area contributed by atoms with Crippen molar-refractivity contribution in [2.45, 2.75) is 18.5 Å². The second kappa shape index (κ2) is 2.47. The minimum Gasteiger partial charge on any atom is -0.394 e. The highest BCUT2D eigenvalue weighted by molar-refractivity contribution is 4.83. The highest BCUT2D eigenvalue weighted by atomic mass is 16.7. The Morgan fingerprint density at radius 1 is 1.40 bits per heavy atom. The van der Waals surface area contributed by atoms with E-state index in [2.05, 4.69) is 5.32 Å². The summed E-state index contributed by atoms with van der Waals surface area (Å²) in [5, 5.41) is 11.9. The molecule has 2 N–H and O–H groups in total. The molecular weight excluding hydrogens is 134 g/mol. The first-order chi connectivity index (χ1) is 4.90. The first-order valence-corrected chi connectivity index (χ1v) is 3.52. The van der Waals surface area contributed by atoms with Gasteiger partial charge in [-0.3, -0.25) is 0 Å². The number of rotatable bonds is 1. The molecule has 0 aromatic heterocycles. The van der Waals surface area contributed by atoms with Gasteiger partial charge in [-0.05, 0) is 0 Å². The number of hydrogen-bond acceptors (Lipinski definition) is 4. The molecule has 2 aliphatic heterocycles. The Bertz CT molecular complexity index is 130. The van der Waals surface area contributed by atoms with Gasteiger partial charge in [-0.25, -0.2) is 0 Å². The van der Waals surface area contributed by atoms with Gasteiger partial charge in [0.05, 0.1) is 6.61 Å². The van der Waals surface area contributed by atoms with Crippen molar-refractivity contribution in [3.63, 3.8) is 0 Å². The van der Waals surface area contributed by atoms with Gasteiger partial charge in [0, 0.05) is 13.1 Å². The van der Waals surface area contributed by atoms with E-state index in [0.717, 1.165) is 13.1 Å². The van der Waals surface area contributed by atoms with E-state index in [9.17, 15) is 0 Å². The van der Waals surface area contributed by atoms with Crippen molar-refractivity contribution in [2.75, 3.05) is 19.7 Å². The molecule has 0 radical (unpaired) electrons. The van der Waals surface area contributed by atoms with Gasteiger partial charge in [0.1, 0.15) is 12.2 Å². The van der Waals surface area contributed by atoms with Crippen LogP contribution in [0, 0.1) is 0 Å². The molecular formula is C6H11NO3. The summed E-state index contributed by atoms with van der Waals surface area (Å²) in [5.41, 5.74) is 0. The summed E-state index contributed by atoms with van der Waals surface area (Å²) in [6.07, 6.45) is -0.181. The smallest absolute Gasteiger partial charge is 0.171 e. The predicted octanol–water partition coefficient (Wildman–Crippen LogP) is -1.31. The molecule has 0 aromatic carbocycles. The van der Waals surface area contributed by atoms with Gasteiger partial charge < -0.3 is 19.9 Å². The Morgan fingerprint density at radius 3 is 3.00 bits per heavy atom. The van der Waals surface area contributed by atoms with Gasteiger partial charge in [-0.1, -0.05) is 0 Å². The average Bonchev–Trinajstić information content (AvgIpc) is 2.26. The second-order valence-corrected chi connectivity index (χ2v) is 2.62. The van der Waals surface area contributed by atoms with Crippen LogP contribution in [0.5, 0.6) is 0 Å². The monoisotopic (exact) mass is 145 g/mol. The maximum absolute atomic E-state index is 8.78. The molecule has 2 bridgehead atoms. The van der Waals surface area contributed by atoms with Crippen molar-refractivity contribution >= 4 is 0 Å². The maximum Gasteiger partial charge on any atom is 0.171 e. The molecule has 3 atom stereocenters. The molecule has 2 rings (SSSR count). The zero-order valence-corrected chi connectivity index (χ0v) is 5.62. The van der Waals surface area contributed by atoms with Gasteiger partial charge in [-0.15, -0.1) is 0 Å². The fraction of sp³-hybridized carbons (Fsp3) is 1.00. The first kappa shape index (κ1) is 6.54. The second-order valence-electron chi connectivity index (χ2n) is 2.62. The number of nitrogens with one attached hydrogen (secondary N) is 1. The molecule has 2 fully saturated rings. The lowest BCUT2D eigenvalue weighted by Crippen LogP contribution is -2.41. The summed E-state index contributed by atoms with van der Waals surface area (Å²) in [7, 11) is 0. The summed E-state index contributed by atoms with van der Waals surface area (Å²) < 4.78 is 10.7. The normalized spacial score (nSPS) is 45.9. The Balaban J connectivity index is 2.01. The summed E-state index contributed by atoms with van der Waals surface area (Å²) in [6, 6.07) is 0. The van der Waals surface area contributed by atoms with Gasteiger partial charge in [0.15, 0.2) is 6.29 Å². The molecule has 58 valence electrons. The predicted molar refractivity (Wildman–Crippen MR) is 33.5 cm³/mol. The minimum absolute atomic E-state index is 0.0584. The van der Waals surface area contributed by atoms with Crippen LogP contribution in [0.15, 0.2) is 0 Å². The van der Waals surface area contributed by atoms with Crippen LogP contribution in [0.1, 0.15) is 0 Å². The third kappa shape index (κ3) is 0.932. The van der Waals surface area contributed by atoms with Crippen LogP contribution in [0.4, 0.5) is 0 Å². The lowest BCUT2D eigenvalue weighted by atomic mass is 10.2. The van der Waals surface area contributed by atoms with Crippen LogP contribution in [-0.2, 0) is 9.47 Å². The standard InChI is InChI=1S/C6H11NO3/c8-3-5-4-1-7-2-6(9-4)10-5/h4-8H,1-3H2/t4-,5-,6-/m0/s1. The van der Waals surface area contributed by atoms with E-state index < -0.39 is 0 Å². The molecule has 0 aliphatic carbocycles. The topological polar surface area (TPSA) is 50.7 Å². The van der Waals surface area contributed by atoms with Crippen molar-refractivity contribution in [1.29, 1.82) is 0 Å². The van der Waals surface area contributed by atoms with Crippen molar-refractivity contribution in [1.82, 2.24) is 5.32 Å². The zero-order chi connectivity index (χ0) is 6.97. The van der Waals surface area contributed by atoms with Gasteiger partial charge in [0.25, 0.3) is 0 Å². The van der Waals surface area contributed by atoms with E-state index >= 15 is 0 Å². The first-order valence-electron chi connectivity index (χ1n) is 3.52. The van der Waals surface area contributed by atoms with E-state index in [1.165, 1.54) is 0 Å². The highest BCUT2D eigenvalue weighted by Gasteiger charge is 2.38. The van der Waals surface area contributed by atoms with Gasteiger partial charge in [-0.2, -0.15) is 0 Å². The van der Waals surface area contributed by atoms with Crippen LogP contribution in [-0.4, -0.2) is 43.3 Å². The summed E-state index contributed by atoms with van der Waals surface area (Å²) in [6.45, 7) is 1.59. The number of aliphatic hydroxyl groups is 1. The Kier molecular flexibility index (Phi) is 1.61. The molecule has 4 heteroatoms. The quantitative estimate of drug-likeness (QED) is 0.481. The van der Waals surface area contributed by atoms with E-state index in [4.69, 9.17) is 14.6 Å². The summed E-state index contributed by atoms with van der Waals surface area (Å²) in [4.78, 5) is 0. The Labute approximate surface area is 59.1 Å². The van der Waals surface area contributed by atoms with Crippen molar-refractivity contribution < 1.29 is 14.6 Å². The lowest BCUT2D eigenvalue weighted by molar-refractivity contribution is -0.0791. The van der Waals surface area contributed by atoms with Crippen LogP contribution in [0.2, 0.25) is 0 Å². The molecule has 10 heavy (non-hydrogen) atoms.